The van der Waals surface area contributed by atoms with E-state index in [0.29, 0.717) is 12.1 Å². The maximum Gasteiger partial charge on any atom is 0.0732 e. The lowest BCUT2D eigenvalue weighted by Crippen LogP contribution is -2.41. The van der Waals surface area contributed by atoms with E-state index < -0.39 is 0 Å². The molecule has 2 heterocycles. The Morgan fingerprint density at radius 2 is 2.53 bits per heavy atom. The molecule has 3 heteroatoms. The molecule has 1 aliphatic heterocycles. The fourth-order valence-corrected chi connectivity index (χ4v) is 2.36. The van der Waals surface area contributed by atoms with Gasteiger partial charge in [0, 0.05) is 25.0 Å². The molecule has 1 fully saturated rings. The number of pyridine rings is 1. The van der Waals surface area contributed by atoms with Crippen molar-refractivity contribution in [3.8, 4) is 0 Å². The van der Waals surface area contributed by atoms with Crippen molar-refractivity contribution in [1.29, 1.82) is 0 Å². The third-order valence-electron chi connectivity index (χ3n) is 3.25. The first-order chi connectivity index (χ1) is 8.40. The van der Waals surface area contributed by atoms with Crippen LogP contribution in [0, 0.1) is 0 Å². The third kappa shape index (κ3) is 3.79. The molecule has 1 saturated heterocycles. The second kappa shape index (κ2) is 6.72. The minimum atomic E-state index is 0.377. The zero-order valence-corrected chi connectivity index (χ0v) is 10.6. The van der Waals surface area contributed by atoms with Gasteiger partial charge < -0.3 is 10.1 Å². The summed E-state index contributed by atoms with van der Waals surface area (Å²) >= 11 is 0. The quantitative estimate of drug-likeness (QED) is 0.819. The van der Waals surface area contributed by atoms with E-state index in [-0.39, 0.29) is 0 Å². The van der Waals surface area contributed by atoms with E-state index in [2.05, 4.69) is 23.3 Å². The van der Waals surface area contributed by atoms with Crippen LogP contribution in [0.2, 0.25) is 0 Å². The summed E-state index contributed by atoms with van der Waals surface area (Å²) in [5, 5.41) is 3.61. The highest BCUT2D eigenvalue weighted by molar-refractivity contribution is 5.11. The molecule has 0 spiro atoms. The standard InChI is InChI=1S/C14H22N2O/c1-2-7-16-13(14-6-4-9-17-14)10-12-5-3-8-15-11-12/h3,5,8,11,13-14,16H,2,4,6-7,9-10H2,1H3. The van der Waals surface area contributed by atoms with E-state index in [1.165, 1.54) is 18.4 Å². The Labute approximate surface area is 104 Å². The molecule has 94 valence electrons. The van der Waals surface area contributed by atoms with E-state index >= 15 is 0 Å². The molecule has 0 saturated carbocycles. The molecule has 2 unspecified atom stereocenters. The zero-order valence-electron chi connectivity index (χ0n) is 10.6. The lowest BCUT2D eigenvalue weighted by Gasteiger charge is -2.24. The highest BCUT2D eigenvalue weighted by Crippen LogP contribution is 2.18. The number of hydrogen-bond donors (Lipinski definition) is 1. The summed E-state index contributed by atoms with van der Waals surface area (Å²) in [6.07, 6.45) is 8.71. The summed E-state index contributed by atoms with van der Waals surface area (Å²) in [6.45, 7) is 4.18. The Morgan fingerprint density at radius 3 is 3.18 bits per heavy atom. The number of hydrogen-bond acceptors (Lipinski definition) is 3. The summed E-state index contributed by atoms with van der Waals surface area (Å²) in [6, 6.07) is 4.58. The molecule has 3 nitrogen and oxygen atoms in total. The highest BCUT2D eigenvalue weighted by Gasteiger charge is 2.25. The predicted octanol–water partition coefficient (Wildman–Crippen LogP) is 2.17. The van der Waals surface area contributed by atoms with Gasteiger partial charge in [0.1, 0.15) is 0 Å². The highest BCUT2D eigenvalue weighted by atomic mass is 16.5. The van der Waals surface area contributed by atoms with Crippen LogP contribution in [0.15, 0.2) is 24.5 Å². The van der Waals surface area contributed by atoms with Crippen molar-refractivity contribution in [2.45, 2.75) is 44.8 Å². The number of aromatic nitrogens is 1. The molecule has 2 rings (SSSR count). The van der Waals surface area contributed by atoms with Crippen LogP contribution in [-0.4, -0.2) is 30.3 Å². The molecule has 0 aromatic carbocycles. The van der Waals surface area contributed by atoms with Crippen molar-refractivity contribution in [3.05, 3.63) is 30.1 Å². The zero-order chi connectivity index (χ0) is 11.9. The topological polar surface area (TPSA) is 34.2 Å². The first kappa shape index (κ1) is 12.5. The van der Waals surface area contributed by atoms with Crippen LogP contribution < -0.4 is 5.32 Å². The molecule has 0 aliphatic carbocycles. The van der Waals surface area contributed by atoms with E-state index in [4.69, 9.17) is 4.74 Å². The van der Waals surface area contributed by atoms with Gasteiger partial charge >= 0.3 is 0 Å². The first-order valence-electron chi connectivity index (χ1n) is 6.64. The average molecular weight is 234 g/mol. The Morgan fingerprint density at radius 1 is 1.59 bits per heavy atom. The van der Waals surface area contributed by atoms with Gasteiger partial charge in [-0.1, -0.05) is 13.0 Å². The van der Waals surface area contributed by atoms with Gasteiger partial charge in [0.15, 0.2) is 0 Å². The smallest absolute Gasteiger partial charge is 0.0732 e. The monoisotopic (exact) mass is 234 g/mol. The molecule has 0 bridgehead atoms. The van der Waals surface area contributed by atoms with Gasteiger partial charge in [-0.15, -0.1) is 0 Å². The van der Waals surface area contributed by atoms with E-state index in [1.54, 1.807) is 0 Å². The molecule has 1 aromatic heterocycles. The van der Waals surface area contributed by atoms with Crippen LogP contribution in [0.3, 0.4) is 0 Å². The maximum absolute atomic E-state index is 5.80. The number of nitrogens with zero attached hydrogens (tertiary/aromatic N) is 1. The average Bonchev–Trinajstić information content (AvgIpc) is 2.89. The Balaban J connectivity index is 1.94. The Bertz CT molecular complexity index is 309. The van der Waals surface area contributed by atoms with Crippen molar-refractivity contribution in [2.75, 3.05) is 13.2 Å². The molecule has 1 N–H and O–H groups in total. The molecule has 0 radical (unpaired) electrons. The van der Waals surface area contributed by atoms with Gasteiger partial charge in [0.25, 0.3) is 0 Å². The summed E-state index contributed by atoms with van der Waals surface area (Å²) < 4.78 is 5.80. The largest absolute Gasteiger partial charge is 0.377 e. The van der Waals surface area contributed by atoms with Crippen LogP contribution in [-0.2, 0) is 11.2 Å². The van der Waals surface area contributed by atoms with Gasteiger partial charge in [-0.2, -0.15) is 0 Å². The fraction of sp³-hybridized carbons (Fsp3) is 0.643. The normalized spacial score (nSPS) is 21.6. The Hall–Kier alpha value is -0.930. The molecule has 0 amide bonds. The lowest BCUT2D eigenvalue weighted by atomic mass is 10.0. The second-order valence-electron chi connectivity index (χ2n) is 4.68. The van der Waals surface area contributed by atoms with Crippen LogP contribution in [0.1, 0.15) is 31.7 Å². The number of ether oxygens (including phenoxy) is 1. The molecular formula is C14H22N2O. The van der Waals surface area contributed by atoms with E-state index in [9.17, 15) is 0 Å². The summed E-state index contributed by atoms with van der Waals surface area (Å²) in [4.78, 5) is 4.18. The van der Waals surface area contributed by atoms with E-state index in [0.717, 1.165) is 26.0 Å². The van der Waals surface area contributed by atoms with Crippen LogP contribution in [0.25, 0.3) is 0 Å². The number of rotatable bonds is 6. The molecular weight excluding hydrogens is 212 g/mol. The van der Waals surface area contributed by atoms with Crippen molar-refractivity contribution >= 4 is 0 Å². The molecule has 2 atom stereocenters. The maximum atomic E-state index is 5.80. The minimum Gasteiger partial charge on any atom is -0.377 e. The first-order valence-corrected chi connectivity index (χ1v) is 6.64. The second-order valence-corrected chi connectivity index (χ2v) is 4.68. The molecule has 1 aromatic rings. The molecule has 1 aliphatic rings. The lowest BCUT2D eigenvalue weighted by molar-refractivity contribution is 0.0784. The Kier molecular flexibility index (Phi) is 4.95. The summed E-state index contributed by atoms with van der Waals surface area (Å²) in [5.41, 5.74) is 1.29. The van der Waals surface area contributed by atoms with Gasteiger partial charge in [-0.25, -0.2) is 0 Å². The third-order valence-corrected chi connectivity index (χ3v) is 3.25. The van der Waals surface area contributed by atoms with Crippen LogP contribution >= 0.6 is 0 Å². The summed E-state index contributed by atoms with van der Waals surface area (Å²) in [7, 11) is 0. The SMILES string of the molecule is CCCNC(Cc1cccnc1)C1CCCO1. The van der Waals surface area contributed by atoms with Crippen LogP contribution in [0.5, 0.6) is 0 Å². The van der Waals surface area contributed by atoms with Crippen molar-refractivity contribution in [3.63, 3.8) is 0 Å². The minimum absolute atomic E-state index is 0.377. The van der Waals surface area contributed by atoms with Gasteiger partial charge in [-0.05, 0) is 43.9 Å². The van der Waals surface area contributed by atoms with Crippen molar-refractivity contribution in [2.24, 2.45) is 0 Å². The van der Waals surface area contributed by atoms with E-state index in [1.807, 2.05) is 18.5 Å². The van der Waals surface area contributed by atoms with Crippen LogP contribution in [0.4, 0.5) is 0 Å². The molecule has 17 heavy (non-hydrogen) atoms. The number of nitrogens with one attached hydrogen (secondary N) is 1. The fourth-order valence-electron chi connectivity index (χ4n) is 2.36. The predicted molar refractivity (Wildman–Crippen MR) is 69.0 cm³/mol. The van der Waals surface area contributed by atoms with Gasteiger partial charge in [0.2, 0.25) is 0 Å². The summed E-state index contributed by atoms with van der Waals surface area (Å²) in [5.74, 6) is 0. The van der Waals surface area contributed by atoms with Gasteiger partial charge in [0.05, 0.1) is 6.10 Å². The van der Waals surface area contributed by atoms with Gasteiger partial charge in [-0.3, -0.25) is 4.98 Å². The van der Waals surface area contributed by atoms with Crippen molar-refractivity contribution < 1.29 is 4.74 Å². The van der Waals surface area contributed by atoms with Crippen molar-refractivity contribution in [1.82, 2.24) is 10.3 Å².